The van der Waals surface area contributed by atoms with Gasteiger partial charge in [-0.3, -0.25) is 4.79 Å². The number of amides is 1. The van der Waals surface area contributed by atoms with Gasteiger partial charge < -0.3 is 14.7 Å². The van der Waals surface area contributed by atoms with E-state index < -0.39 is 23.4 Å². The maximum absolute atomic E-state index is 12.3. The molecule has 0 aliphatic carbocycles. The number of carbonyl (C=O) groups excluding carboxylic acids is 2. The Morgan fingerprint density at radius 1 is 1.29 bits per heavy atom. The molecule has 112 valence electrons. The van der Waals surface area contributed by atoms with Crippen molar-refractivity contribution in [2.24, 2.45) is 0 Å². The molecule has 1 atom stereocenters. The van der Waals surface area contributed by atoms with Crippen LogP contribution in [0.25, 0.3) is 0 Å². The summed E-state index contributed by atoms with van der Waals surface area (Å²) in [5.74, 6) is -2.74. The van der Waals surface area contributed by atoms with Gasteiger partial charge in [0.15, 0.2) is 0 Å². The molecular formula is C15H17NO5. The summed E-state index contributed by atoms with van der Waals surface area (Å²) >= 11 is 0. The number of hydrogen-bond donors (Lipinski definition) is 1. The molecule has 1 aromatic carbocycles. The van der Waals surface area contributed by atoms with Crippen LogP contribution in [0.5, 0.6) is 0 Å². The van der Waals surface area contributed by atoms with Gasteiger partial charge in [0.05, 0.1) is 6.61 Å². The zero-order chi connectivity index (χ0) is 15.6. The molecule has 0 spiro atoms. The number of rotatable bonds is 3. The molecule has 6 nitrogen and oxygen atoms in total. The lowest BCUT2D eigenvalue weighted by molar-refractivity contribution is -0.177. The number of hydrogen-bond acceptors (Lipinski definition) is 4. The fourth-order valence-corrected chi connectivity index (χ4v) is 2.65. The Labute approximate surface area is 122 Å². The fourth-order valence-electron chi connectivity index (χ4n) is 2.65. The van der Waals surface area contributed by atoms with Gasteiger partial charge in [-0.2, -0.15) is 0 Å². The molecule has 1 N–H and O–H groups in total. The minimum atomic E-state index is -1.99. The second kappa shape index (κ2) is 5.55. The third-order valence-corrected chi connectivity index (χ3v) is 3.70. The number of benzene rings is 1. The Kier molecular flexibility index (Phi) is 3.97. The zero-order valence-electron chi connectivity index (χ0n) is 12.0. The van der Waals surface area contributed by atoms with E-state index in [9.17, 15) is 19.5 Å². The van der Waals surface area contributed by atoms with Crippen LogP contribution in [0.15, 0.2) is 24.3 Å². The van der Waals surface area contributed by atoms with E-state index in [0.29, 0.717) is 0 Å². The van der Waals surface area contributed by atoms with E-state index in [0.717, 1.165) is 16.0 Å². The Morgan fingerprint density at radius 3 is 2.43 bits per heavy atom. The number of esters is 1. The van der Waals surface area contributed by atoms with E-state index in [1.165, 1.54) is 6.92 Å². The average molecular weight is 291 g/mol. The maximum Gasteiger partial charge on any atom is 0.344 e. The first kappa shape index (κ1) is 15.0. The second-order valence-corrected chi connectivity index (χ2v) is 4.94. The monoisotopic (exact) mass is 291 g/mol. The van der Waals surface area contributed by atoms with Crippen LogP contribution >= 0.6 is 0 Å². The van der Waals surface area contributed by atoms with E-state index >= 15 is 0 Å². The summed E-state index contributed by atoms with van der Waals surface area (Å²) < 4.78 is 4.93. The van der Waals surface area contributed by atoms with Crippen molar-refractivity contribution in [1.29, 1.82) is 0 Å². The van der Waals surface area contributed by atoms with Crippen molar-refractivity contribution < 1.29 is 24.2 Å². The summed E-state index contributed by atoms with van der Waals surface area (Å²) in [7, 11) is 0. The van der Waals surface area contributed by atoms with Crippen LogP contribution in [0, 0.1) is 0 Å². The summed E-state index contributed by atoms with van der Waals surface area (Å²) in [5.41, 5.74) is -0.407. The highest BCUT2D eigenvalue weighted by atomic mass is 16.5. The van der Waals surface area contributed by atoms with Crippen molar-refractivity contribution in [1.82, 2.24) is 4.90 Å². The molecule has 1 amide bonds. The summed E-state index contributed by atoms with van der Waals surface area (Å²) in [6, 6.07) is 7.18. The molecule has 1 aliphatic rings. The van der Waals surface area contributed by atoms with E-state index in [1.807, 2.05) is 12.1 Å². The molecule has 6 heteroatoms. The summed E-state index contributed by atoms with van der Waals surface area (Å²) in [6.45, 7) is 2.99. The molecule has 2 rings (SSSR count). The first-order valence-corrected chi connectivity index (χ1v) is 6.69. The van der Waals surface area contributed by atoms with Gasteiger partial charge in [-0.25, -0.2) is 9.59 Å². The Morgan fingerprint density at radius 2 is 1.90 bits per heavy atom. The second-order valence-electron chi connectivity index (χ2n) is 4.94. The Hall–Kier alpha value is -2.37. The predicted octanol–water partition coefficient (Wildman–Crippen LogP) is 0.978. The van der Waals surface area contributed by atoms with Gasteiger partial charge in [-0.15, -0.1) is 0 Å². The molecule has 0 fully saturated rings. The molecule has 0 aromatic heterocycles. The van der Waals surface area contributed by atoms with Crippen LogP contribution in [0.4, 0.5) is 0 Å². The van der Waals surface area contributed by atoms with Crippen LogP contribution in [0.1, 0.15) is 25.0 Å². The van der Waals surface area contributed by atoms with Gasteiger partial charge in [0.25, 0.3) is 0 Å². The van der Waals surface area contributed by atoms with Crippen LogP contribution in [-0.4, -0.2) is 40.0 Å². The highest BCUT2D eigenvalue weighted by molar-refractivity contribution is 6.07. The first-order valence-electron chi connectivity index (χ1n) is 6.69. The zero-order valence-corrected chi connectivity index (χ0v) is 12.0. The lowest BCUT2D eigenvalue weighted by Crippen LogP contribution is -2.65. The lowest BCUT2D eigenvalue weighted by atomic mass is 9.82. The highest BCUT2D eigenvalue weighted by Gasteiger charge is 2.56. The van der Waals surface area contributed by atoms with Crippen molar-refractivity contribution in [3.05, 3.63) is 35.4 Å². The number of carboxylic acids is 1. The van der Waals surface area contributed by atoms with Crippen molar-refractivity contribution in [2.45, 2.75) is 32.4 Å². The average Bonchev–Trinajstić information content (AvgIpc) is 2.45. The van der Waals surface area contributed by atoms with Crippen molar-refractivity contribution >= 4 is 17.8 Å². The first-order chi connectivity index (χ1) is 9.93. The number of aliphatic carboxylic acids is 1. The number of carbonyl (C=O) groups is 3. The minimum absolute atomic E-state index is 0.0568. The summed E-state index contributed by atoms with van der Waals surface area (Å²) in [5, 5.41) is 9.64. The quantitative estimate of drug-likeness (QED) is 0.663. The number of nitrogens with zero attached hydrogens (tertiary/aromatic N) is 1. The van der Waals surface area contributed by atoms with Crippen LogP contribution in [0.2, 0.25) is 0 Å². The van der Waals surface area contributed by atoms with E-state index in [4.69, 9.17) is 4.74 Å². The molecule has 0 saturated heterocycles. The molecule has 0 bridgehead atoms. The van der Waals surface area contributed by atoms with Gasteiger partial charge in [0.1, 0.15) is 0 Å². The maximum atomic E-state index is 12.3. The molecule has 1 heterocycles. The van der Waals surface area contributed by atoms with Gasteiger partial charge in [0, 0.05) is 19.9 Å². The van der Waals surface area contributed by atoms with Crippen LogP contribution in [0.3, 0.4) is 0 Å². The normalized spacial score (nSPS) is 20.6. The molecule has 1 aromatic rings. The molecule has 1 aliphatic heterocycles. The SMILES string of the molecule is CCOC(=O)[C@@]1(C(=O)O)Cc2ccccc2CN1C(C)=O. The largest absolute Gasteiger partial charge is 0.479 e. The Balaban J connectivity index is 2.58. The van der Waals surface area contributed by atoms with Crippen molar-refractivity contribution in [2.75, 3.05) is 6.61 Å². The predicted molar refractivity (Wildman–Crippen MR) is 73.4 cm³/mol. The molecular weight excluding hydrogens is 274 g/mol. The smallest absolute Gasteiger partial charge is 0.344 e. The highest BCUT2D eigenvalue weighted by Crippen LogP contribution is 2.33. The fraction of sp³-hybridized carbons (Fsp3) is 0.400. The van der Waals surface area contributed by atoms with Crippen LogP contribution in [-0.2, 0) is 32.1 Å². The van der Waals surface area contributed by atoms with Crippen LogP contribution < -0.4 is 0 Å². The third-order valence-electron chi connectivity index (χ3n) is 3.70. The molecule has 0 unspecified atom stereocenters. The molecule has 21 heavy (non-hydrogen) atoms. The third kappa shape index (κ3) is 2.37. The topological polar surface area (TPSA) is 83.9 Å². The number of ether oxygens (including phenoxy) is 1. The van der Waals surface area contributed by atoms with E-state index in [2.05, 4.69) is 0 Å². The standard InChI is InChI=1S/C15H17NO5/c1-3-21-14(20)15(13(18)19)8-11-6-4-5-7-12(11)9-16(15)10(2)17/h4-7H,3,8-9H2,1-2H3,(H,18,19)/t15-/m0/s1. The summed E-state index contributed by atoms with van der Waals surface area (Å²) in [4.78, 5) is 37.1. The number of carboxylic acid groups (broad SMARTS) is 1. The summed E-state index contributed by atoms with van der Waals surface area (Å²) in [6.07, 6.45) is -0.0864. The van der Waals surface area contributed by atoms with Gasteiger partial charge in [-0.05, 0) is 18.1 Å². The molecule has 0 saturated carbocycles. The lowest BCUT2D eigenvalue weighted by Gasteiger charge is -2.42. The van der Waals surface area contributed by atoms with Gasteiger partial charge in [-0.1, -0.05) is 24.3 Å². The van der Waals surface area contributed by atoms with Crippen molar-refractivity contribution in [3.63, 3.8) is 0 Å². The van der Waals surface area contributed by atoms with Gasteiger partial charge >= 0.3 is 11.9 Å². The molecule has 0 radical (unpaired) electrons. The van der Waals surface area contributed by atoms with E-state index in [-0.39, 0.29) is 19.6 Å². The van der Waals surface area contributed by atoms with E-state index in [1.54, 1.807) is 19.1 Å². The van der Waals surface area contributed by atoms with Crippen molar-refractivity contribution in [3.8, 4) is 0 Å². The van der Waals surface area contributed by atoms with Gasteiger partial charge in [0.2, 0.25) is 11.4 Å². The number of fused-ring (bicyclic) bond motifs is 1. The minimum Gasteiger partial charge on any atom is -0.479 e. The Bertz CT molecular complexity index is 597.